The minimum Gasteiger partial charge on any atom is -0.466 e. The van der Waals surface area contributed by atoms with Gasteiger partial charge in [0.2, 0.25) is 0 Å². The molecule has 7 heteroatoms. The average Bonchev–Trinajstić information content (AvgIpc) is 2.98. The number of rotatable bonds is 1. The van der Waals surface area contributed by atoms with E-state index in [1.165, 1.54) is 10.4 Å². The number of aryl methyl sites for hydroxylation is 1. The molecule has 0 unspecified atom stereocenters. The Labute approximate surface area is 125 Å². The molecule has 0 bridgehead atoms. The summed E-state index contributed by atoms with van der Waals surface area (Å²) >= 11 is 1.69. The zero-order valence-corrected chi connectivity index (χ0v) is 13.2. The summed E-state index contributed by atoms with van der Waals surface area (Å²) in [5.41, 5.74) is 1.95. The monoisotopic (exact) mass is 304 g/mol. The van der Waals surface area contributed by atoms with Crippen LogP contribution in [0.3, 0.4) is 0 Å². The molecule has 0 radical (unpaired) electrons. The fraction of sp³-hybridized carbons (Fsp3) is 0.500. The van der Waals surface area contributed by atoms with E-state index in [4.69, 9.17) is 9.47 Å². The molecule has 3 aromatic rings. The maximum atomic E-state index is 5.91. The highest BCUT2D eigenvalue weighted by molar-refractivity contribution is 7.19. The van der Waals surface area contributed by atoms with Crippen molar-refractivity contribution in [3.8, 4) is 6.01 Å². The summed E-state index contributed by atoms with van der Waals surface area (Å²) < 4.78 is 12.8. The van der Waals surface area contributed by atoms with Gasteiger partial charge in [-0.2, -0.15) is 9.50 Å². The lowest BCUT2D eigenvalue weighted by Gasteiger charge is -2.30. The van der Waals surface area contributed by atoms with Crippen LogP contribution < -0.4 is 4.74 Å². The van der Waals surface area contributed by atoms with E-state index >= 15 is 0 Å². The van der Waals surface area contributed by atoms with Gasteiger partial charge >= 0.3 is 6.01 Å². The van der Waals surface area contributed by atoms with Gasteiger partial charge in [-0.05, 0) is 26.3 Å². The van der Waals surface area contributed by atoms with Crippen molar-refractivity contribution in [1.29, 1.82) is 0 Å². The molecule has 0 N–H and O–H groups in total. The molecule has 0 aromatic carbocycles. The predicted molar refractivity (Wildman–Crippen MR) is 80.0 cm³/mol. The number of ether oxygens (including phenoxy) is 2. The minimum atomic E-state index is -0.160. The van der Waals surface area contributed by atoms with E-state index in [0.29, 0.717) is 12.6 Å². The van der Waals surface area contributed by atoms with Crippen LogP contribution in [0.25, 0.3) is 15.9 Å². The van der Waals surface area contributed by atoms with Crippen molar-refractivity contribution < 1.29 is 9.47 Å². The van der Waals surface area contributed by atoms with E-state index in [0.717, 1.165) is 28.1 Å². The Morgan fingerprint density at radius 1 is 1.33 bits per heavy atom. The van der Waals surface area contributed by atoms with Gasteiger partial charge in [-0.3, -0.25) is 0 Å². The molecule has 0 atom stereocenters. The summed E-state index contributed by atoms with van der Waals surface area (Å²) in [6.45, 7) is 6.80. The van der Waals surface area contributed by atoms with Crippen molar-refractivity contribution in [3.05, 3.63) is 16.3 Å². The van der Waals surface area contributed by atoms with Crippen LogP contribution in [0.15, 0.2) is 0 Å². The van der Waals surface area contributed by atoms with Crippen molar-refractivity contribution in [1.82, 2.24) is 19.6 Å². The molecule has 4 rings (SSSR count). The van der Waals surface area contributed by atoms with Crippen LogP contribution in [0.5, 0.6) is 6.01 Å². The molecule has 1 aliphatic heterocycles. The maximum absolute atomic E-state index is 5.91. The molecule has 21 heavy (non-hydrogen) atoms. The largest absolute Gasteiger partial charge is 0.466 e. The molecular formula is C14H16N4O2S. The summed E-state index contributed by atoms with van der Waals surface area (Å²) in [4.78, 5) is 11.4. The molecule has 0 saturated heterocycles. The first-order valence-electron chi connectivity index (χ1n) is 6.84. The lowest BCUT2D eigenvalue weighted by molar-refractivity contribution is -0.0379. The molecular weight excluding hydrogens is 288 g/mol. The zero-order chi connectivity index (χ0) is 14.8. The van der Waals surface area contributed by atoms with Crippen LogP contribution in [-0.4, -0.2) is 32.3 Å². The number of nitrogens with zero attached hydrogens (tertiary/aromatic N) is 4. The molecule has 1 aliphatic rings. The summed E-state index contributed by atoms with van der Waals surface area (Å²) in [6.07, 6.45) is 0.859. The van der Waals surface area contributed by atoms with Crippen molar-refractivity contribution in [2.45, 2.75) is 39.4 Å². The summed E-state index contributed by atoms with van der Waals surface area (Å²) in [7, 11) is 1.58. The minimum absolute atomic E-state index is 0.160. The average molecular weight is 304 g/mol. The summed E-state index contributed by atoms with van der Waals surface area (Å²) in [6, 6.07) is 0.374. The van der Waals surface area contributed by atoms with E-state index in [9.17, 15) is 0 Å². The standard InChI is InChI=1S/C14H16N4O2S/c1-7-15-12-10(11-16-13(19-4)17-18(7)11)8-5-14(2,3)20-6-9(8)21-12/h5-6H2,1-4H3. The molecule has 0 aliphatic carbocycles. The smallest absolute Gasteiger partial charge is 0.336 e. The molecule has 0 saturated carbocycles. The van der Waals surface area contributed by atoms with Crippen molar-refractivity contribution in [2.75, 3.05) is 7.11 Å². The van der Waals surface area contributed by atoms with E-state index in [1.807, 2.05) is 6.92 Å². The normalized spacial score (nSPS) is 17.3. The first kappa shape index (κ1) is 13.0. The fourth-order valence-electron chi connectivity index (χ4n) is 2.81. The number of hydrogen-bond acceptors (Lipinski definition) is 6. The third-order valence-electron chi connectivity index (χ3n) is 3.83. The van der Waals surface area contributed by atoms with Gasteiger partial charge in [-0.15, -0.1) is 16.4 Å². The number of thiophene rings is 1. The second-order valence-corrected chi connectivity index (χ2v) is 6.99. The highest BCUT2D eigenvalue weighted by atomic mass is 32.1. The van der Waals surface area contributed by atoms with Gasteiger partial charge < -0.3 is 9.47 Å². The van der Waals surface area contributed by atoms with Crippen LogP contribution in [0.1, 0.15) is 30.1 Å². The molecule has 3 aromatic heterocycles. The Bertz CT molecular complexity index is 865. The van der Waals surface area contributed by atoms with Gasteiger partial charge in [0.1, 0.15) is 10.7 Å². The Balaban J connectivity index is 2.09. The zero-order valence-electron chi connectivity index (χ0n) is 12.4. The summed E-state index contributed by atoms with van der Waals surface area (Å²) in [5.74, 6) is 0.812. The van der Waals surface area contributed by atoms with Crippen LogP contribution >= 0.6 is 11.3 Å². The van der Waals surface area contributed by atoms with Gasteiger partial charge in [-0.25, -0.2) is 4.98 Å². The Kier molecular flexibility index (Phi) is 2.56. The van der Waals surface area contributed by atoms with Crippen molar-refractivity contribution in [3.63, 3.8) is 0 Å². The molecule has 4 heterocycles. The number of hydrogen-bond donors (Lipinski definition) is 0. The van der Waals surface area contributed by atoms with Gasteiger partial charge in [-0.1, -0.05) is 0 Å². The number of aromatic nitrogens is 4. The fourth-order valence-corrected chi connectivity index (χ4v) is 3.95. The van der Waals surface area contributed by atoms with Crippen LogP contribution in [0.4, 0.5) is 0 Å². The van der Waals surface area contributed by atoms with Gasteiger partial charge in [0.15, 0.2) is 5.65 Å². The molecule has 6 nitrogen and oxygen atoms in total. The van der Waals surface area contributed by atoms with Gasteiger partial charge in [0.25, 0.3) is 0 Å². The van der Waals surface area contributed by atoms with E-state index in [-0.39, 0.29) is 5.60 Å². The van der Waals surface area contributed by atoms with Crippen LogP contribution in [0.2, 0.25) is 0 Å². The molecule has 0 spiro atoms. The molecule has 110 valence electrons. The number of fused-ring (bicyclic) bond motifs is 5. The topological polar surface area (TPSA) is 61.5 Å². The third kappa shape index (κ3) is 1.84. The van der Waals surface area contributed by atoms with Gasteiger partial charge in [0, 0.05) is 11.3 Å². The van der Waals surface area contributed by atoms with Crippen LogP contribution in [0, 0.1) is 6.92 Å². The third-order valence-corrected chi connectivity index (χ3v) is 4.93. The lowest BCUT2D eigenvalue weighted by Crippen LogP contribution is -2.31. The van der Waals surface area contributed by atoms with E-state index in [1.54, 1.807) is 23.0 Å². The second kappa shape index (κ2) is 4.14. The Morgan fingerprint density at radius 2 is 2.14 bits per heavy atom. The Morgan fingerprint density at radius 3 is 2.90 bits per heavy atom. The predicted octanol–water partition coefficient (Wildman–Crippen LogP) is 2.51. The molecule has 0 amide bonds. The number of methoxy groups -OCH3 is 1. The summed E-state index contributed by atoms with van der Waals surface area (Å²) in [5, 5.41) is 5.43. The maximum Gasteiger partial charge on any atom is 0.336 e. The molecule has 0 fully saturated rings. The SMILES string of the molecule is COc1nc2c3c4c(sc3nc(C)n2n1)COC(C)(C)C4. The van der Waals surface area contributed by atoms with E-state index in [2.05, 4.69) is 28.9 Å². The second-order valence-electron chi connectivity index (χ2n) is 5.90. The van der Waals surface area contributed by atoms with Crippen molar-refractivity contribution >= 4 is 27.2 Å². The first-order valence-corrected chi connectivity index (χ1v) is 7.66. The van der Waals surface area contributed by atoms with Crippen molar-refractivity contribution in [2.24, 2.45) is 0 Å². The first-order chi connectivity index (χ1) is 9.98. The highest BCUT2D eigenvalue weighted by Crippen LogP contribution is 2.39. The quantitative estimate of drug-likeness (QED) is 0.691. The Hall–Kier alpha value is -1.73. The lowest BCUT2D eigenvalue weighted by atomic mass is 9.94. The highest BCUT2D eigenvalue weighted by Gasteiger charge is 2.31. The van der Waals surface area contributed by atoms with Gasteiger partial charge in [0.05, 0.1) is 24.7 Å². The van der Waals surface area contributed by atoms with E-state index < -0.39 is 0 Å². The van der Waals surface area contributed by atoms with Crippen LogP contribution in [-0.2, 0) is 17.8 Å².